The van der Waals surface area contributed by atoms with Crippen molar-refractivity contribution in [2.45, 2.75) is 38.0 Å². The van der Waals surface area contributed by atoms with Crippen LogP contribution in [0.2, 0.25) is 0 Å². The molecule has 4 heteroatoms. The molecular formula is C56H38BNO2. The van der Waals surface area contributed by atoms with Gasteiger partial charge in [0.2, 0.25) is 0 Å². The molecule has 3 heterocycles. The molecule has 1 aromatic heterocycles. The summed E-state index contributed by atoms with van der Waals surface area (Å²) in [5.74, 6) is 3.54. The van der Waals surface area contributed by atoms with Gasteiger partial charge in [-0.25, -0.2) is 0 Å². The van der Waals surface area contributed by atoms with Crippen molar-refractivity contribution in [3.05, 3.63) is 203 Å². The van der Waals surface area contributed by atoms with Gasteiger partial charge in [-0.2, -0.15) is 0 Å². The number of nitrogens with zero attached hydrogens (tertiary/aromatic N) is 1. The van der Waals surface area contributed by atoms with E-state index in [4.69, 9.17) is 9.47 Å². The van der Waals surface area contributed by atoms with E-state index in [1.54, 1.807) is 0 Å². The van der Waals surface area contributed by atoms with E-state index < -0.39 is 5.41 Å². The molecule has 3 aliphatic carbocycles. The van der Waals surface area contributed by atoms with Crippen molar-refractivity contribution in [3.8, 4) is 62.1 Å². The van der Waals surface area contributed by atoms with Crippen molar-refractivity contribution in [1.29, 1.82) is 0 Å². The van der Waals surface area contributed by atoms with Crippen LogP contribution in [0.15, 0.2) is 164 Å². The fraction of sp³-hybridized carbons (Fsp3) is 0.107. The van der Waals surface area contributed by atoms with Gasteiger partial charge in [-0.05, 0) is 147 Å². The summed E-state index contributed by atoms with van der Waals surface area (Å²) in [4.78, 5) is 0. The van der Waals surface area contributed by atoms with Gasteiger partial charge in [0.15, 0.2) is 0 Å². The van der Waals surface area contributed by atoms with E-state index in [-0.39, 0.29) is 6.71 Å². The maximum Gasteiger partial charge on any atom is 0.260 e. The normalized spacial score (nSPS) is 16.8. The molecule has 1 spiro atoms. The standard InChI is InChI=1S/C56H38BNO2/c1-33-23-26-51-47(27-33)57-48-31-42-38-16-6-10-20-44(38)56(46(42)32-52(48)60-54-29-35(28-53(59-51)55(54)57)34-13-3-2-4-14-34)43-19-9-5-15-37(43)39-25-24-36(30-45(39)56)58-49-21-11-7-17-40(49)41-18-8-12-22-50(41)58/h2-7,9-11,13-17,19-21,23-32H,8,12,18,22H2,1H3/t56-/m1/s1. The number of ether oxygens (including phenoxy) is 2. The minimum Gasteiger partial charge on any atom is -0.458 e. The highest BCUT2D eigenvalue weighted by Gasteiger charge is 2.53. The van der Waals surface area contributed by atoms with Crippen LogP contribution in [0.25, 0.3) is 50.0 Å². The maximum absolute atomic E-state index is 7.24. The monoisotopic (exact) mass is 767 g/mol. The zero-order chi connectivity index (χ0) is 39.3. The Morgan fingerprint density at radius 2 is 1.17 bits per heavy atom. The van der Waals surface area contributed by atoms with E-state index in [1.807, 2.05) is 0 Å². The molecule has 3 nitrogen and oxygen atoms in total. The van der Waals surface area contributed by atoms with Gasteiger partial charge in [0.1, 0.15) is 23.0 Å². The van der Waals surface area contributed by atoms with Gasteiger partial charge < -0.3 is 14.0 Å². The average Bonchev–Trinajstić information content (AvgIpc) is 3.90. The molecule has 9 aromatic rings. The van der Waals surface area contributed by atoms with Gasteiger partial charge in [0.05, 0.1) is 10.9 Å². The smallest absolute Gasteiger partial charge is 0.260 e. The molecule has 0 radical (unpaired) electrons. The Hall–Kier alpha value is -7.04. The molecule has 60 heavy (non-hydrogen) atoms. The van der Waals surface area contributed by atoms with Crippen molar-refractivity contribution in [2.24, 2.45) is 0 Å². The summed E-state index contributed by atoms with van der Waals surface area (Å²) in [6.45, 7) is 2.14. The van der Waals surface area contributed by atoms with Gasteiger partial charge in [0, 0.05) is 22.2 Å². The second-order valence-corrected chi connectivity index (χ2v) is 17.4. The summed E-state index contributed by atoms with van der Waals surface area (Å²) in [6.07, 6.45) is 4.72. The number of aryl methyl sites for hydroxylation is 2. The lowest BCUT2D eigenvalue weighted by Crippen LogP contribution is -2.57. The number of rotatable bonds is 2. The summed E-state index contributed by atoms with van der Waals surface area (Å²) < 4.78 is 16.6. The highest BCUT2D eigenvalue weighted by molar-refractivity contribution is 6.98. The SMILES string of the molecule is Cc1ccc2c(c1)B1c3cc4c(cc3Oc3cc(-c5ccccc5)cc(c31)O2)[C@]1(c2ccccc2-c2ccc(-n3c5c(c6ccccc63)CCCC5)cc21)c1ccccc1-4. The van der Waals surface area contributed by atoms with Crippen molar-refractivity contribution in [1.82, 2.24) is 4.57 Å². The van der Waals surface area contributed by atoms with Crippen molar-refractivity contribution < 1.29 is 9.47 Å². The van der Waals surface area contributed by atoms with E-state index >= 15 is 0 Å². The minimum absolute atomic E-state index is 0.0378. The first-order valence-corrected chi connectivity index (χ1v) is 21.5. The molecule has 0 N–H and O–H groups in total. The number of hydrogen-bond donors (Lipinski definition) is 0. The highest BCUT2D eigenvalue weighted by Crippen LogP contribution is 2.63. The van der Waals surface area contributed by atoms with Crippen LogP contribution in [0.5, 0.6) is 23.0 Å². The zero-order valence-corrected chi connectivity index (χ0v) is 33.3. The number of aromatic nitrogens is 1. The molecule has 0 unspecified atom stereocenters. The summed E-state index contributed by atoms with van der Waals surface area (Å²) >= 11 is 0. The van der Waals surface area contributed by atoms with E-state index in [2.05, 4.69) is 175 Å². The van der Waals surface area contributed by atoms with Gasteiger partial charge in [-0.1, -0.05) is 127 Å². The Kier molecular flexibility index (Phi) is 6.46. The largest absolute Gasteiger partial charge is 0.458 e. The van der Waals surface area contributed by atoms with Gasteiger partial charge in [-0.15, -0.1) is 0 Å². The summed E-state index contributed by atoms with van der Waals surface area (Å²) in [6, 6.07) is 61.1. The number of hydrogen-bond acceptors (Lipinski definition) is 2. The number of benzene rings is 8. The Morgan fingerprint density at radius 3 is 2.00 bits per heavy atom. The Balaban J connectivity index is 1.04. The van der Waals surface area contributed by atoms with Crippen LogP contribution in [0, 0.1) is 6.92 Å². The Bertz CT molecular complexity index is 3360. The first-order valence-electron chi connectivity index (χ1n) is 21.5. The lowest BCUT2D eigenvalue weighted by atomic mass is 9.34. The summed E-state index contributed by atoms with van der Waals surface area (Å²) in [7, 11) is 0. The fourth-order valence-corrected chi connectivity index (χ4v) is 12.0. The van der Waals surface area contributed by atoms with Crippen molar-refractivity contribution in [3.63, 3.8) is 0 Å². The van der Waals surface area contributed by atoms with Gasteiger partial charge in [-0.3, -0.25) is 0 Å². The molecule has 14 rings (SSSR count). The third-order valence-electron chi connectivity index (χ3n) is 14.4. The topological polar surface area (TPSA) is 23.4 Å². The van der Waals surface area contributed by atoms with E-state index in [0.29, 0.717) is 0 Å². The molecule has 1 atom stereocenters. The van der Waals surface area contributed by atoms with Crippen molar-refractivity contribution in [2.75, 3.05) is 0 Å². The first-order chi connectivity index (χ1) is 29.6. The predicted molar refractivity (Wildman–Crippen MR) is 244 cm³/mol. The molecule has 282 valence electrons. The second-order valence-electron chi connectivity index (χ2n) is 17.4. The van der Waals surface area contributed by atoms with E-state index in [0.717, 1.165) is 52.4 Å². The maximum atomic E-state index is 7.24. The van der Waals surface area contributed by atoms with Gasteiger partial charge >= 0.3 is 0 Å². The molecule has 0 bridgehead atoms. The lowest BCUT2D eigenvalue weighted by Gasteiger charge is -2.35. The minimum atomic E-state index is -0.531. The Morgan fingerprint density at radius 1 is 0.500 bits per heavy atom. The van der Waals surface area contributed by atoms with Crippen LogP contribution in [-0.4, -0.2) is 11.3 Å². The van der Waals surface area contributed by atoms with Crippen LogP contribution < -0.4 is 25.9 Å². The molecule has 0 amide bonds. The Labute approximate surface area is 349 Å². The molecule has 0 saturated carbocycles. The molecule has 2 aliphatic heterocycles. The fourth-order valence-electron chi connectivity index (χ4n) is 12.0. The van der Waals surface area contributed by atoms with Crippen LogP contribution in [0.4, 0.5) is 0 Å². The van der Waals surface area contributed by atoms with E-state index in [1.165, 1.54) is 102 Å². The third-order valence-corrected chi connectivity index (χ3v) is 14.4. The van der Waals surface area contributed by atoms with Gasteiger partial charge in [0.25, 0.3) is 6.71 Å². The lowest BCUT2D eigenvalue weighted by molar-refractivity contribution is 0.464. The van der Waals surface area contributed by atoms with Crippen molar-refractivity contribution >= 4 is 34.0 Å². The average molecular weight is 768 g/mol. The summed E-state index contributed by atoms with van der Waals surface area (Å²) in [5.41, 5.74) is 22.4. The molecule has 8 aromatic carbocycles. The van der Waals surface area contributed by atoms with Crippen LogP contribution >= 0.6 is 0 Å². The number of para-hydroxylation sites is 1. The second kappa shape index (κ2) is 11.8. The zero-order valence-electron chi connectivity index (χ0n) is 33.3. The van der Waals surface area contributed by atoms with Crippen LogP contribution in [-0.2, 0) is 18.3 Å². The molecule has 0 fully saturated rings. The quantitative estimate of drug-likeness (QED) is 0.164. The first kappa shape index (κ1) is 32.9. The highest BCUT2D eigenvalue weighted by atomic mass is 16.5. The van der Waals surface area contributed by atoms with E-state index in [9.17, 15) is 0 Å². The molecule has 5 aliphatic rings. The molecule has 0 saturated heterocycles. The molecular weight excluding hydrogens is 729 g/mol. The third kappa shape index (κ3) is 4.16. The van der Waals surface area contributed by atoms with Crippen LogP contribution in [0.3, 0.4) is 0 Å². The van der Waals surface area contributed by atoms with Crippen LogP contribution in [0.1, 0.15) is 51.9 Å². The number of fused-ring (bicyclic) bond motifs is 17. The summed E-state index contributed by atoms with van der Waals surface area (Å²) in [5, 5.41) is 1.40. The predicted octanol–water partition coefficient (Wildman–Crippen LogP) is 11.6.